The molecule has 1 aromatic heterocycles. The predicted octanol–water partition coefficient (Wildman–Crippen LogP) is 2.72. The second-order valence-corrected chi connectivity index (χ2v) is 5.31. The summed E-state index contributed by atoms with van der Waals surface area (Å²) in [6, 6.07) is 3.82. The SMILES string of the molecule is CC[C@@]1(CO)CCCN(c2ccc(Cl)cn2)C1. The van der Waals surface area contributed by atoms with E-state index in [-0.39, 0.29) is 12.0 Å². The summed E-state index contributed by atoms with van der Waals surface area (Å²) in [5.74, 6) is 0.959. The number of hydrogen-bond donors (Lipinski definition) is 1. The van der Waals surface area contributed by atoms with E-state index in [9.17, 15) is 5.11 Å². The van der Waals surface area contributed by atoms with Crippen LogP contribution in [0.2, 0.25) is 5.02 Å². The molecule has 0 aliphatic carbocycles. The lowest BCUT2D eigenvalue weighted by Gasteiger charge is -2.41. The molecule has 0 bridgehead atoms. The molecule has 0 aromatic carbocycles. The highest BCUT2D eigenvalue weighted by molar-refractivity contribution is 6.30. The zero-order valence-electron chi connectivity index (χ0n) is 10.2. The van der Waals surface area contributed by atoms with Crippen molar-refractivity contribution in [2.24, 2.45) is 5.41 Å². The number of nitrogens with zero attached hydrogens (tertiary/aromatic N) is 2. The highest BCUT2D eigenvalue weighted by Crippen LogP contribution is 2.34. The Morgan fingerprint density at radius 3 is 2.94 bits per heavy atom. The average Bonchev–Trinajstić information content (AvgIpc) is 2.39. The zero-order valence-corrected chi connectivity index (χ0v) is 11.0. The number of aliphatic hydroxyl groups excluding tert-OH is 1. The molecule has 17 heavy (non-hydrogen) atoms. The Hall–Kier alpha value is -0.800. The number of aromatic nitrogens is 1. The van der Waals surface area contributed by atoms with E-state index < -0.39 is 0 Å². The number of rotatable bonds is 3. The fraction of sp³-hybridized carbons (Fsp3) is 0.615. The van der Waals surface area contributed by atoms with Crippen molar-refractivity contribution in [3.05, 3.63) is 23.4 Å². The van der Waals surface area contributed by atoms with Crippen molar-refractivity contribution in [1.82, 2.24) is 4.98 Å². The minimum Gasteiger partial charge on any atom is -0.396 e. The molecule has 0 saturated carbocycles. The normalized spacial score (nSPS) is 25.0. The summed E-state index contributed by atoms with van der Waals surface area (Å²) in [6.45, 7) is 4.30. The Labute approximate surface area is 107 Å². The van der Waals surface area contributed by atoms with Crippen LogP contribution in [0.5, 0.6) is 0 Å². The molecule has 1 aromatic rings. The molecule has 2 rings (SSSR count). The van der Waals surface area contributed by atoms with Gasteiger partial charge in [0.15, 0.2) is 0 Å². The first-order valence-electron chi connectivity index (χ1n) is 6.16. The standard InChI is InChI=1S/C13H19ClN2O/c1-2-13(10-17)6-3-7-16(9-13)12-5-4-11(14)8-15-12/h4-5,8,17H,2-3,6-7,9-10H2,1H3/t13-/m1/s1. The maximum atomic E-state index is 9.58. The van der Waals surface area contributed by atoms with E-state index >= 15 is 0 Å². The second-order valence-electron chi connectivity index (χ2n) is 4.87. The molecule has 1 aliphatic heterocycles. The smallest absolute Gasteiger partial charge is 0.128 e. The maximum absolute atomic E-state index is 9.58. The maximum Gasteiger partial charge on any atom is 0.128 e. The van der Waals surface area contributed by atoms with Crippen molar-refractivity contribution >= 4 is 17.4 Å². The van der Waals surface area contributed by atoms with Crippen LogP contribution in [0.1, 0.15) is 26.2 Å². The van der Waals surface area contributed by atoms with Crippen LogP contribution in [-0.2, 0) is 0 Å². The summed E-state index contributed by atoms with van der Waals surface area (Å²) < 4.78 is 0. The van der Waals surface area contributed by atoms with E-state index in [0.717, 1.165) is 38.2 Å². The minimum atomic E-state index is 0.0412. The summed E-state index contributed by atoms with van der Waals surface area (Å²) >= 11 is 5.84. The van der Waals surface area contributed by atoms with Crippen molar-refractivity contribution in [2.45, 2.75) is 26.2 Å². The quantitative estimate of drug-likeness (QED) is 0.901. The van der Waals surface area contributed by atoms with Crippen molar-refractivity contribution < 1.29 is 5.11 Å². The molecule has 0 amide bonds. The fourth-order valence-corrected chi connectivity index (χ4v) is 2.60. The molecular weight excluding hydrogens is 236 g/mol. The van der Waals surface area contributed by atoms with Crippen molar-refractivity contribution in [2.75, 3.05) is 24.6 Å². The Morgan fingerprint density at radius 1 is 1.53 bits per heavy atom. The van der Waals surface area contributed by atoms with Crippen LogP contribution in [-0.4, -0.2) is 29.8 Å². The number of hydrogen-bond acceptors (Lipinski definition) is 3. The van der Waals surface area contributed by atoms with Gasteiger partial charge >= 0.3 is 0 Å². The topological polar surface area (TPSA) is 36.4 Å². The van der Waals surface area contributed by atoms with E-state index in [4.69, 9.17) is 11.6 Å². The number of anilines is 1. The fourth-order valence-electron chi connectivity index (χ4n) is 2.49. The van der Waals surface area contributed by atoms with E-state index in [1.165, 1.54) is 0 Å². The highest BCUT2D eigenvalue weighted by atomic mass is 35.5. The average molecular weight is 255 g/mol. The van der Waals surface area contributed by atoms with Gasteiger partial charge in [-0.3, -0.25) is 0 Å². The van der Waals surface area contributed by atoms with Gasteiger partial charge in [0, 0.05) is 24.7 Å². The molecular formula is C13H19ClN2O. The summed E-state index contributed by atoms with van der Waals surface area (Å²) in [5, 5.41) is 10.2. The van der Waals surface area contributed by atoms with Crippen LogP contribution in [0.3, 0.4) is 0 Å². The predicted molar refractivity (Wildman–Crippen MR) is 70.5 cm³/mol. The number of pyridine rings is 1. The van der Waals surface area contributed by atoms with Crippen LogP contribution in [0.15, 0.2) is 18.3 Å². The molecule has 3 nitrogen and oxygen atoms in total. The van der Waals surface area contributed by atoms with Gasteiger partial charge in [-0.05, 0) is 31.4 Å². The van der Waals surface area contributed by atoms with E-state index in [1.54, 1.807) is 6.20 Å². The molecule has 1 fully saturated rings. The largest absolute Gasteiger partial charge is 0.396 e. The Bertz CT molecular complexity index is 362. The molecule has 1 atom stereocenters. The van der Waals surface area contributed by atoms with Crippen LogP contribution in [0.25, 0.3) is 0 Å². The van der Waals surface area contributed by atoms with Gasteiger partial charge < -0.3 is 10.0 Å². The van der Waals surface area contributed by atoms with Crippen LogP contribution in [0, 0.1) is 5.41 Å². The molecule has 1 N–H and O–H groups in total. The highest BCUT2D eigenvalue weighted by Gasteiger charge is 2.33. The molecule has 1 saturated heterocycles. The Kier molecular flexibility index (Phi) is 3.89. The van der Waals surface area contributed by atoms with Gasteiger partial charge in [0.05, 0.1) is 11.6 Å². The van der Waals surface area contributed by atoms with Crippen molar-refractivity contribution in [1.29, 1.82) is 0 Å². The van der Waals surface area contributed by atoms with Gasteiger partial charge in [-0.1, -0.05) is 18.5 Å². The van der Waals surface area contributed by atoms with Crippen LogP contribution < -0.4 is 4.90 Å². The molecule has 94 valence electrons. The van der Waals surface area contributed by atoms with E-state index in [2.05, 4.69) is 16.8 Å². The van der Waals surface area contributed by atoms with Gasteiger partial charge in [0.2, 0.25) is 0 Å². The van der Waals surface area contributed by atoms with Crippen LogP contribution in [0.4, 0.5) is 5.82 Å². The Balaban J connectivity index is 2.14. The monoisotopic (exact) mass is 254 g/mol. The molecule has 1 aliphatic rings. The van der Waals surface area contributed by atoms with Gasteiger partial charge in [0.25, 0.3) is 0 Å². The number of piperidine rings is 1. The summed E-state index contributed by atoms with van der Waals surface area (Å²) in [4.78, 5) is 6.60. The lowest BCUT2D eigenvalue weighted by atomic mass is 9.78. The zero-order chi connectivity index (χ0) is 12.3. The molecule has 0 radical (unpaired) electrons. The molecule has 4 heteroatoms. The molecule has 2 heterocycles. The Morgan fingerprint density at radius 2 is 2.35 bits per heavy atom. The van der Waals surface area contributed by atoms with Gasteiger partial charge in [-0.25, -0.2) is 4.98 Å². The van der Waals surface area contributed by atoms with E-state index in [1.807, 2.05) is 12.1 Å². The lowest BCUT2D eigenvalue weighted by molar-refractivity contribution is 0.101. The van der Waals surface area contributed by atoms with Crippen LogP contribution >= 0.6 is 11.6 Å². The van der Waals surface area contributed by atoms with E-state index in [0.29, 0.717) is 5.02 Å². The second kappa shape index (κ2) is 5.23. The van der Waals surface area contributed by atoms with Crippen molar-refractivity contribution in [3.63, 3.8) is 0 Å². The van der Waals surface area contributed by atoms with Gasteiger partial charge in [-0.2, -0.15) is 0 Å². The summed E-state index contributed by atoms with van der Waals surface area (Å²) in [7, 11) is 0. The number of halogens is 1. The number of aliphatic hydroxyl groups is 1. The first-order chi connectivity index (χ1) is 8.19. The third-order valence-electron chi connectivity index (χ3n) is 3.78. The minimum absolute atomic E-state index is 0.0412. The van der Waals surface area contributed by atoms with Gasteiger partial charge in [0.1, 0.15) is 5.82 Å². The van der Waals surface area contributed by atoms with Crippen molar-refractivity contribution in [3.8, 4) is 0 Å². The van der Waals surface area contributed by atoms with Gasteiger partial charge in [-0.15, -0.1) is 0 Å². The molecule has 0 unspecified atom stereocenters. The third-order valence-corrected chi connectivity index (χ3v) is 4.01. The summed E-state index contributed by atoms with van der Waals surface area (Å²) in [5.41, 5.74) is 0.0412. The first-order valence-corrected chi connectivity index (χ1v) is 6.54. The first kappa shape index (κ1) is 12.7. The molecule has 0 spiro atoms. The third kappa shape index (κ3) is 2.72. The lowest BCUT2D eigenvalue weighted by Crippen LogP contribution is -2.45. The summed E-state index contributed by atoms with van der Waals surface area (Å²) in [6.07, 6.45) is 4.90.